The van der Waals surface area contributed by atoms with Gasteiger partial charge in [-0.05, 0) is 17.7 Å². The van der Waals surface area contributed by atoms with Crippen molar-refractivity contribution in [1.82, 2.24) is 5.32 Å². The maximum atomic E-state index is 11.4. The van der Waals surface area contributed by atoms with Gasteiger partial charge >= 0.3 is 0 Å². The molecule has 0 bridgehead atoms. The van der Waals surface area contributed by atoms with E-state index in [1.165, 1.54) is 19.1 Å². The molecular formula is C15H13Cl2NO2. The highest BCUT2D eigenvalue weighted by molar-refractivity contribution is 6.42. The van der Waals surface area contributed by atoms with Crippen LogP contribution in [0.15, 0.2) is 42.5 Å². The lowest BCUT2D eigenvalue weighted by Gasteiger charge is -2.21. The molecular weight excluding hydrogens is 297 g/mol. The van der Waals surface area contributed by atoms with Gasteiger partial charge in [-0.25, -0.2) is 0 Å². The highest BCUT2D eigenvalue weighted by Gasteiger charge is 2.23. The maximum absolute atomic E-state index is 11.4. The van der Waals surface area contributed by atoms with Gasteiger partial charge in [-0.2, -0.15) is 0 Å². The van der Waals surface area contributed by atoms with Crippen LogP contribution in [0.1, 0.15) is 24.1 Å². The monoisotopic (exact) mass is 309 g/mol. The Bertz CT molecular complexity index is 629. The molecule has 0 spiro atoms. The van der Waals surface area contributed by atoms with Crippen molar-refractivity contribution in [2.24, 2.45) is 0 Å². The van der Waals surface area contributed by atoms with Crippen molar-refractivity contribution in [2.75, 3.05) is 0 Å². The van der Waals surface area contributed by atoms with Crippen LogP contribution >= 0.6 is 23.2 Å². The smallest absolute Gasteiger partial charge is 0.217 e. The number of carbonyl (C=O) groups excluding carboxylic acids is 1. The van der Waals surface area contributed by atoms with Crippen molar-refractivity contribution in [1.29, 1.82) is 0 Å². The normalized spacial score (nSPS) is 11.9. The lowest BCUT2D eigenvalue weighted by molar-refractivity contribution is -0.119. The van der Waals surface area contributed by atoms with E-state index in [9.17, 15) is 9.90 Å². The van der Waals surface area contributed by atoms with E-state index in [-0.39, 0.29) is 16.7 Å². The van der Waals surface area contributed by atoms with Crippen LogP contribution < -0.4 is 5.32 Å². The number of phenols is 1. The second-order valence-electron chi connectivity index (χ2n) is 4.34. The second kappa shape index (κ2) is 6.16. The molecule has 2 rings (SSSR count). The zero-order chi connectivity index (χ0) is 14.7. The third kappa shape index (κ3) is 3.06. The number of rotatable bonds is 3. The van der Waals surface area contributed by atoms with Crippen LogP contribution in [0, 0.1) is 0 Å². The van der Waals surface area contributed by atoms with E-state index in [2.05, 4.69) is 5.32 Å². The van der Waals surface area contributed by atoms with Crippen LogP contribution in [0.4, 0.5) is 0 Å². The topological polar surface area (TPSA) is 49.3 Å². The lowest BCUT2D eigenvalue weighted by atomic mass is 9.97. The number of amides is 1. The van der Waals surface area contributed by atoms with E-state index in [4.69, 9.17) is 23.2 Å². The van der Waals surface area contributed by atoms with E-state index in [0.717, 1.165) is 5.56 Å². The van der Waals surface area contributed by atoms with Crippen LogP contribution in [0.5, 0.6) is 5.75 Å². The minimum atomic E-state index is -0.556. The molecule has 3 nitrogen and oxygen atoms in total. The van der Waals surface area contributed by atoms with E-state index in [1.807, 2.05) is 30.3 Å². The summed E-state index contributed by atoms with van der Waals surface area (Å²) in [6.07, 6.45) is 0. The van der Waals surface area contributed by atoms with E-state index in [1.54, 1.807) is 0 Å². The van der Waals surface area contributed by atoms with Crippen molar-refractivity contribution < 1.29 is 9.90 Å². The molecule has 5 heteroatoms. The summed E-state index contributed by atoms with van der Waals surface area (Å²) in [5.74, 6) is -0.240. The van der Waals surface area contributed by atoms with Crippen molar-refractivity contribution in [3.8, 4) is 5.75 Å². The van der Waals surface area contributed by atoms with Gasteiger partial charge in [0, 0.05) is 12.5 Å². The Balaban J connectivity index is 2.58. The SMILES string of the molecule is CC(=O)NC(c1ccccc1)c1c(O)ccc(Cl)c1Cl. The van der Waals surface area contributed by atoms with Gasteiger partial charge in [0.05, 0.1) is 16.1 Å². The summed E-state index contributed by atoms with van der Waals surface area (Å²) in [6, 6.07) is 11.7. The Labute approximate surface area is 127 Å². The van der Waals surface area contributed by atoms with Crippen molar-refractivity contribution in [3.05, 3.63) is 63.6 Å². The largest absolute Gasteiger partial charge is 0.508 e. The van der Waals surface area contributed by atoms with E-state index in [0.29, 0.717) is 10.6 Å². The number of aromatic hydroxyl groups is 1. The first-order chi connectivity index (χ1) is 9.50. The molecule has 0 saturated carbocycles. The molecule has 0 aromatic heterocycles. The second-order valence-corrected chi connectivity index (χ2v) is 5.12. The fraction of sp³-hybridized carbons (Fsp3) is 0.133. The van der Waals surface area contributed by atoms with Crippen molar-refractivity contribution in [2.45, 2.75) is 13.0 Å². The molecule has 1 unspecified atom stereocenters. The molecule has 0 saturated heterocycles. The fourth-order valence-corrected chi connectivity index (χ4v) is 2.44. The van der Waals surface area contributed by atoms with Gasteiger partial charge in [0.1, 0.15) is 5.75 Å². The molecule has 1 amide bonds. The van der Waals surface area contributed by atoms with Crippen LogP contribution in [0.2, 0.25) is 10.0 Å². The average molecular weight is 310 g/mol. The zero-order valence-electron chi connectivity index (χ0n) is 10.7. The van der Waals surface area contributed by atoms with Gasteiger partial charge in [0.15, 0.2) is 0 Å². The highest BCUT2D eigenvalue weighted by Crippen LogP contribution is 2.39. The van der Waals surface area contributed by atoms with Crippen molar-refractivity contribution in [3.63, 3.8) is 0 Å². The molecule has 20 heavy (non-hydrogen) atoms. The maximum Gasteiger partial charge on any atom is 0.217 e. The quantitative estimate of drug-likeness (QED) is 0.902. The molecule has 2 aromatic rings. The molecule has 1 atom stereocenters. The summed E-state index contributed by atoms with van der Waals surface area (Å²) < 4.78 is 0. The fourth-order valence-electron chi connectivity index (χ4n) is 2.00. The van der Waals surface area contributed by atoms with Gasteiger partial charge in [0.2, 0.25) is 5.91 Å². The van der Waals surface area contributed by atoms with E-state index >= 15 is 0 Å². The van der Waals surface area contributed by atoms with Crippen LogP contribution in [0.25, 0.3) is 0 Å². The Morgan fingerprint density at radius 2 is 1.80 bits per heavy atom. The average Bonchev–Trinajstić information content (AvgIpc) is 2.43. The summed E-state index contributed by atoms with van der Waals surface area (Å²) in [6.45, 7) is 1.41. The zero-order valence-corrected chi connectivity index (χ0v) is 12.2. The number of hydrogen-bond donors (Lipinski definition) is 2. The van der Waals surface area contributed by atoms with E-state index < -0.39 is 6.04 Å². The summed E-state index contributed by atoms with van der Waals surface area (Å²) in [5, 5.41) is 13.4. The predicted molar refractivity (Wildman–Crippen MR) is 80.2 cm³/mol. The number of halogens is 2. The number of phenolic OH excluding ortho intramolecular Hbond substituents is 1. The Morgan fingerprint density at radius 3 is 2.40 bits per heavy atom. The van der Waals surface area contributed by atoms with Crippen molar-refractivity contribution >= 4 is 29.1 Å². The number of benzene rings is 2. The summed E-state index contributed by atoms with van der Waals surface area (Å²) in [5.41, 5.74) is 1.20. The molecule has 0 fully saturated rings. The van der Waals surface area contributed by atoms with Gasteiger partial charge in [0.25, 0.3) is 0 Å². The first kappa shape index (κ1) is 14.7. The summed E-state index contributed by atoms with van der Waals surface area (Å²) in [4.78, 5) is 11.4. The van der Waals surface area contributed by atoms with Gasteiger partial charge in [-0.15, -0.1) is 0 Å². The summed E-state index contributed by atoms with van der Waals surface area (Å²) >= 11 is 12.2. The standard InChI is InChI=1S/C15H13Cl2NO2/c1-9(19)18-15(10-5-3-2-4-6-10)13-12(20)8-7-11(16)14(13)17/h2-8,15,20H,1H3,(H,18,19). The molecule has 0 aliphatic carbocycles. The minimum Gasteiger partial charge on any atom is -0.508 e. The first-order valence-corrected chi connectivity index (χ1v) is 6.75. The number of nitrogens with one attached hydrogen (secondary N) is 1. The van der Waals surface area contributed by atoms with Crippen LogP contribution in [-0.2, 0) is 4.79 Å². The predicted octanol–water partition coefficient (Wildman–Crippen LogP) is 3.92. The molecule has 2 aromatic carbocycles. The number of hydrogen-bond acceptors (Lipinski definition) is 2. The lowest BCUT2D eigenvalue weighted by Crippen LogP contribution is -2.27. The Hall–Kier alpha value is -1.71. The Morgan fingerprint density at radius 1 is 1.15 bits per heavy atom. The van der Waals surface area contributed by atoms with Gasteiger partial charge < -0.3 is 10.4 Å². The molecule has 2 N–H and O–H groups in total. The molecule has 0 heterocycles. The van der Waals surface area contributed by atoms with Gasteiger partial charge in [-0.1, -0.05) is 53.5 Å². The third-order valence-electron chi connectivity index (χ3n) is 2.88. The first-order valence-electron chi connectivity index (χ1n) is 5.99. The summed E-state index contributed by atoms with van der Waals surface area (Å²) in [7, 11) is 0. The molecule has 0 aliphatic heterocycles. The molecule has 0 aliphatic rings. The minimum absolute atomic E-state index is 0.0120. The highest BCUT2D eigenvalue weighted by atomic mass is 35.5. The molecule has 104 valence electrons. The Kier molecular flexibility index (Phi) is 4.53. The van der Waals surface area contributed by atoms with Gasteiger partial charge in [-0.3, -0.25) is 4.79 Å². The third-order valence-corrected chi connectivity index (χ3v) is 3.70. The van der Waals surface area contributed by atoms with Crippen LogP contribution in [-0.4, -0.2) is 11.0 Å². The number of carbonyl (C=O) groups is 1. The molecule has 0 radical (unpaired) electrons. The van der Waals surface area contributed by atoms with Crippen LogP contribution in [0.3, 0.4) is 0 Å².